The van der Waals surface area contributed by atoms with Gasteiger partial charge in [0.25, 0.3) is 0 Å². The third-order valence-corrected chi connectivity index (χ3v) is 2.84. The second-order valence-electron chi connectivity index (χ2n) is 6.06. The number of urea groups is 1. The molecule has 120 valence electrons. The molecule has 2 rings (SSSR count). The lowest BCUT2D eigenvalue weighted by molar-refractivity contribution is 0.233. The van der Waals surface area contributed by atoms with Crippen LogP contribution >= 0.6 is 0 Å². The topological polar surface area (TPSA) is 63.2 Å². The van der Waals surface area contributed by atoms with E-state index in [4.69, 9.17) is 4.74 Å². The average molecular weight is 311 g/mol. The number of hydrogen-bond acceptors (Lipinski definition) is 3. The lowest BCUT2D eigenvalue weighted by Gasteiger charge is -2.20. The number of nitrogens with zero attached hydrogens (tertiary/aromatic N) is 1. The molecule has 5 heteroatoms. The zero-order valence-electron chi connectivity index (χ0n) is 13.6. The van der Waals surface area contributed by atoms with Gasteiger partial charge in [-0.2, -0.15) is 0 Å². The molecule has 0 saturated heterocycles. The first-order valence-corrected chi connectivity index (χ1v) is 7.43. The number of aromatic nitrogens is 1. The van der Waals surface area contributed by atoms with Crippen molar-refractivity contribution in [3.63, 3.8) is 0 Å². The van der Waals surface area contributed by atoms with E-state index in [1.807, 2.05) is 51.1 Å². The molecule has 0 spiro atoms. The summed E-state index contributed by atoms with van der Waals surface area (Å²) in [6, 6.07) is 9.40. The van der Waals surface area contributed by atoms with Crippen molar-refractivity contribution in [3.8, 4) is 17.6 Å². The summed E-state index contributed by atoms with van der Waals surface area (Å²) in [6.07, 6.45) is 1.75. The maximum absolute atomic E-state index is 11.5. The molecule has 0 aliphatic carbocycles. The molecule has 0 aliphatic rings. The summed E-state index contributed by atoms with van der Waals surface area (Å²) >= 11 is 0. The van der Waals surface area contributed by atoms with Gasteiger partial charge < -0.3 is 15.4 Å². The summed E-state index contributed by atoms with van der Waals surface area (Å²) in [5, 5.41) is 6.54. The number of ether oxygens (including phenoxy) is 1. The van der Waals surface area contributed by atoms with E-state index in [1.54, 1.807) is 6.20 Å². The first kappa shape index (κ1) is 16.6. The van der Waals surface area contributed by atoms with Crippen LogP contribution in [0, 0.1) is 11.8 Å². The number of benzene rings is 1. The normalized spacial score (nSPS) is 10.6. The van der Waals surface area contributed by atoms with Gasteiger partial charge in [0.15, 0.2) is 0 Å². The molecule has 0 saturated carbocycles. The van der Waals surface area contributed by atoms with Crippen LogP contribution in [0.1, 0.15) is 20.8 Å². The van der Waals surface area contributed by atoms with Crippen LogP contribution in [0.15, 0.2) is 36.5 Å². The quantitative estimate of drug-likeness (QED) is 0.857. The highest BCUT2D eigenvalue weighted by Crippen LogP contribution is 2.18. The van der Waals surface area contributed by atoms with E-state index in [-0.39, 0.29) is 24.7 Å². The molecule has 0 aliphatic heterocycles. The number of hydrogen-bond donors (Lipinski definition) is 2. The van der Waals surface area contributed by atoms with Crippen molar-refractivity contribution in [1.29, 1.82) is 0 Å². The zero-order chi connectivity index (χ0) is 16.7. The summed E-state index contributed by atoms with van der Waals surface area (Å²) in [7, 11) is 0. The Morgan fingerprint density at radius 3 is 2.87 bits per heavy atom. The summed E-state index contributed by atoms with van der Waals surface area (Å²) in [6.45, 7) is 6.31. The van der Waals surface area contributed by atoms with Gasteiger partial charge in [-0.3, -0.25) is 4.98 Å². The fourth-order valence-electron chi connectivity index (χ4n) is 1.88. The minimum absolute atomic E-state index is 0.228. The Hall–Kier alpha value is -2.74. The Kier molecular flexibility index (Phi) is 5.42. The van der Waals surface area contributed by atoms with Crippen molar-refractivity contribution in [3.05, 3.63) is 36.5 Å². The molecule has 0 fully saturated rings. The largest absolute Gasteiger partial charge is 0.481 e. The van der Waals surface area contributed by atoms with E-state index in [0.29, 0.717) is 0 Å². The molecular weight excluding hydrogens is 290 g/mol. The molecule has 0 bridgehead atoms. The van der Waals surface area contributed by atoms with Crippen LogP contribution in [0.5, 0.6) is 5.75 Å². The molecule has 2 aromatic rings. The lowest BCUT2D eigenvalue weighted by Crippen LogP contribution is -2.46. The maximum atomic E-state index is 11.5. The average Bonchev–Trinajstić information content (AvgIpc) is 2.49. The maximum Gasteiger partial charge on any atom is 0.315 e. The number of amides is 2. The second-order valence-corrected chi connectivity index (χ2v) is 6.06. The Morgan fingerprint density at radius 2 is 2.09 bits per heavy atom. The summed E-state index contributed by atoms with van der Waals surface area (Å²) in [4.78, 5) is 15.8. The molecule has 0 atom stereocenters. The number of fused-ring (bicyclic) bond motifs is 1. The summed E-state index contributed by atoms with van der Waals surface area (Å²) < 4.78 is 5.56. The number of carbonyl (C=O) groups excluding carboxylic acids is 1. The van der Waals surface area contributed by atoms with E-state index in [9.17, 15) is 4.79 Å². The van der Waals surface area contributed by atoms with Crippen molar-refractivity contribution in [1.82, 2.24) is 15.6 Å². The van der Waals surface area contributed by atoms with Crippen LogP contribution in [-0.4, -0.2) is 29.7 Å². The van der Waals surface area contributed by atoms with Crippen molar-refractivity contribution in [2.24, 2.45) is 0 Å². The first-order chi connectivity index (χ1) is 10.9. The Balaban J connectivity index is 1.75. The number of pyridine rings is 1. The minimum atomic E-state index is -0.259. The summed E-state index contributed by atoms with van der Waals surface area (Å²) in [5.41, 5.74) is 0.628. The van der Waals surface area contributed by atoms with Gasteiger partial charge in [-0.05, 0) is 39.0 Å². The lowest BCUT2D eigenvalue weighted by atomic mass is 10.1. The van der Waals surface area contributed by atoms with E-state index in [2.05, 4.69) is 27.5 Å². The van der Waals surface area contributed by atoms with Gasteiger partial charge >= 0.3 is 6.03 Å². The molecule has 2 N–H and O–H groups in total. The molecular formula is C18H21N3O2. The standard InChI is InChI=1S/C18H21N3O2/c1-18(2,3)21-17(22)20-10-4-5-12-23-15-9-8-14-7-6-11-19-16(14)13-15/h6-9,11,13H,10,12H2,1-3H3,(H2,20,21,22). The van der Waals surface area contributed by atoms with Crippen molar-refractivity contribution >= 4 is 16.9 Å². The smallest absolute Gasteiger partial charge is 0.315 e. The molecule has 1 aromatic carbocycles. The zero-order valence-corrected chi connectivity index (χ0v) is 13.6. The second kappa shape index (κ2) is 7.50. The monoisotopic (exact) mass is 311 g/mol. The molecule has 5 nitrogen and oxygen atoms in total. The van der Waals surface area contributed by atoms with E-state index >= 15 is 0 Å². The Labute approximate surface area is 136 Å². The van der Waals surface area contributed by atoms with Crippen molar-refractivity contribution in [2.75, 3.05) is 13.2 Å². The fraction of sp³-hybridized carbons (Fsp3) is 0.333. The highest BCUT2D eigenvalue weighted by Gasteiger charge is 2.12. The number of nitrogens with one attached hydrogen (secondary N) is 2. The van der Waals surface area contributed by atoms with Crippen LogP contribution in [0.25, 0.3) is 10.9 Å². The van der Waals surface area contributed by atoms with Gasteiger partial charge in [0.1, 0.15) is 12.4 Å². The van der Waals surface area contributed by atoms with E-state index in [0.717, 1.165) is 16.7 Å². The predicted molar refractivity (Wildman–Crippen MR) is 91.3 cm³/mol. The highest BCUT2D eigenvalue weighted by atomic mass is 16.5. The summed E-state index contributed by atoms with van der Waals surface area (Å²) in [5.74, 6) is 6.44. The molecule has 2 amide bonds. The van der Waals surface area contributed by atoms with Gasteiger partial charge in [0.05, 0.1) is 12.1 Å². The van der Waals surface area contributed by atoms with E-state index < -0.39 is 0 Å². The van der Waals surface area contributed by atoms with Crippen LogP contribution < -0.4 is 15.4 Å². The van der Waals surface area contributed by atoms with Crippen molar-refractivity contribution in [2.45, 2.75) is 26.3 Å². The van der Waals surface area contributed by atoms with Crippen LogP contribution in [0.2, 0.25) is 0 Å². The number of carbonyl (C=O) groups is 1. The van der Waals surface area contributed by atoms with Crippen LogP contribution in [0.3, 0.4) is 0 Å². The van der Waals surface area contributed by atoms with Crippen LogP contribution in [-0.2, 0) is 0 Å². The molecule has 23 heavy (non-hydrogen) atoms. The third-order valence-electron chi connectivity index (χ3n) is 2.84. The first-order valence-electron chi connectivity index (χ1n) is 7.43. The molecule has 1 heterocycles. The molecule has 1 aromatic heterocycles. The van der Waals surface area contributed by atoms with Crippen LogP contribution in [0.4, 0.5) is 4.79 Å². The highest BCUT2D eigenvalue weighted by molar-refractivity contribution is 5.79. The Morgan fingerprint density at radius 1 is 1.26 bits per heavy atom. The van der Waals surface area contributed by atoms with Gasteiger partial charge in [-0.25, -0.2) is 4.79 Å². The van der Waals surface area contributed by atoms with E-state index in [1.165, 1.54) is 0 Å². The number of rotatable bonds is 3. The van der Waals surface area contributed by atoms with Gasteiger partial charge in [0.2, 0.25) is 0 Å². The minimum Gasteiger partial charge on any atom is -0.481 e. The van der Waals surface area contributed by atoms with Crippen molar-refractivity contribution < 1.29 is 9.53 Å². The third kappa shape index (κ3) is 5.87. The Bertz CT molecular complexity index is 739. The molecule has 0 radical (unpaired) electrons. The fourth-order valence-corrected chi connectivity index (χ4v) is 1.88. The van der Waals surface area contributed by atoms with Gasteiger partial charge in [-0.1, -0.05) is 17.9 Å². The SMILES string of the molecule is CC(C)(C)NC(=O)NCC#CCOc1ccc2cccnc2c1. The van der Waals surface area contributed by atoms with Gasteiger partial charge in [0, 0.05) is 23.2 Å². The molecule has 0 unspecified atom stereocenters. The predicted octanol–water partition coefficient (Wildman–Crippen LogP) is 2.71. The van der Waals surface area contributed by atoms with Gasteiger partial charge in [-0.15, -0.1) is 0 Å².